The molecule has 0 aliphatic carbocycles. The third kappa shape index (κ3) is 3.89. The molecule has 2 aromatic heterocycles. The van der Waals surface area contributed by atoms with Crippen LogP contribution in [-0.2, 0) is 5.54 Å². The molecule has 0 radical (unpaired) electrons. The Labute approximate surface area is 154 Å². The van der Waals surface area contributed by atoms with Crippen molar-refractivity contribution in [2.45, 2.75) is 19.4 Å². The molecule has 8 heteroatoms. The van der Waals surface area contributed by atoms with Gasteiger partial charge in [-0.25, -0.2) is 18.7 Å². The van der Waals surface area contributed by atoms with E-state index >= 15 is 0 Å². The maximum atomic E-state index is 14.1. The lowest BCUT2D eigenvalue weighted by Crippen LogP contribution is -2.31. The van der Waals surface area contributed by atoms with Crippen molar-refractivity contribution in [3.63, 3.8) is 0 Å². The van der Waals surface area contributed by atoms with Crippen LogP contribution in [0.2, 0.25) is 0 Å². The van der Waals surface area contributed by atoms with Gasteiger partial charge in [0.15, 0.2) is 0 Å². The minimum absolute atomic E-state index is 0.160. The van der Waals surface area contributed by atoms with Gasteiger partial charge in [0.05, 0.1) is 5.54 Å². The van der Waals surface area contributed by atoms with Crippen molar-refractivity contribution in [1.29, 1.82) is 0 Å². The number of amides is 1. The fourth-order valence-electron chi connectivity index (χ4n) is 2.62. The molecule has 0 bridgehead atoms. The zero-order valence-electron chi connectivity index (χ0n) is 14.7. The van der Waals surface area contributed by atoms with Crippen molar-refractivity contribution >= 4 is 11.9 Å². The maximum absolute atomic E-state index is 14.1. The number of nitrogens with two attached hydrogens (primary N) is 1. The number of rotatable bonds is 5. The molecule has 6 nitrogen and oxygen atoms in total. The molecule has 2 heterocycles. The van der Waals surface area contributed by atoms with Gasteiger partial charge in [-0.1, -0.05) is 0 Å². The molecule has 0 spiro atoms. The molecule has 0 saturated heterocycles. The summed E-state index contributed by atoms with van der Waals surface area (Å²) in [6, 6.07) is 6.65. The highest BCUT2D eigenvalue weighted by atomic mass is 19.1. The average Bonchev–Trinajstić information content (AvgIpc) is 2.62. The molecular formula is C19H17F2N5O. The Morgan fingerprint density at radius 2 is 1.78 bits per heavy atom. The van der Waals surface area contributed by atoms with Crippen molar-refractivity contribution in [2.75, 3.05) is 5.32 Å². The number of halogens is 2. The lowest BCUT2D eigenvalue weighted by Gasteiger charge is -2.25. The van der Waals surface area contributed by atoms with Gasteiger partial charge in [0.25, 0.3) is 0 Å². The lowest BCUT2D eigenvalue weighted by molar-refractivity contribution is 0.100. The van der Waals surface area contributed by atoms with Crippen LogP contribution < -0.4 is 11.1 Å². The van der Waals surface area contributed by atoms with Gasteiger partial charge in [0.2, 0.25) is 11.9 Å². The van der Waals surface area contributed by atoms with Crippen molar-refractivity contribution in [2.24, 2.45) is 5.73 Å². The van der Waals surface area contributed by atoms with E-state index in [0.29, 0.717) is 5.56 Å². The summed E-state index contributed by atoms with van der Waals surface area (Å²) in [7, 11) is 0. The number of hydrogen-bond donors (Lipinski definition) is 2. The molecule has 27 heavy (non-hydrogen) atoms. The van der Waals surface area contributed by atoms with Gasteiger partial charge >= 0.3 is 0 Å². The number of pyridine rings is 1. The van der Waals surface area contributed by atoms with E-state index < -0.39 is 23.1 Å². The van der Waals surface area contributed by atoms with Gasteiger partial charge in [0, 0.05) is 35.3 Å². The van der Waals surface area contributed by atoms with Gasteiger partial charge < -0.3 is 11.1 Å². The summed E-state index contributed by atoms with van der Waals surface area (Å²) in [4.78, 5) is 23.7. The molecule has 0 aliphatic heterocycles. The first-order valence-electron chi connectivity index (χ1n) is 8.09. The number of benzene rings is 1. The molecule has 1 aromatic carbocycles. The van der Waals surface area contributed by atoms with Crippen LogP contribution in [0.4, 0.5) is 14.7 Å². The zero-order valence-corrected chi connectivity index (χ0v) is 14.7. The van der Waals surface area contributed by atoms with Crippen molar-refractivity contribution < 1.29 is 13.6 Å². The molecule has 138 valence electrons. The molecule has 0 fully saturated rings. The van der Waals surface area contributed by atoms with E-state index in [2.05, 4.69) is 20.3 Å². The first kappa shape index (κ1) is 18.4. The molecule has 0 saturated carbocycles. The maximum Gasteiger partial charge on any atom is 0.248 e. The number of hydrogen-bond acceptors (Lipinski definition) is 5. The number of carbonyl (C=O) groups is 1. The summed E-state index contributed by atoms with van der Waals surface area (Å²) in [5.41, 5.74) is 5.30. The first-order valence-corrected chi connectivity index (χ1v) is 8.09. The average molecular weight is 369 g/mol. The second-order valence-corrected chi connectivity index (χ2v) is 6.44. The first-order chi connectivity index (χ1) is 12.8. The van der Waals surface area contributed by atoms with Gasteiger partial charge in [-0.3, -0.25) is 9.78 Å². The minimum atomic E-state index is -0.871. The van der Waals surface area contributed by atoms with Crippen LogP contribution in [0.15, 0.2) is 48.9 Å². The van der Waals surface area contributed by atoms with Gasteiger partial charge in [-0.15, -0.1) is 0 Å². The third-order valence-corrected chi connectivity index (χ3v) is 3.99. The van der Waals surface area contributed by atoms with Crippen LogP contribution in [-0.4, -0.2) is 20.9 Å². The number of carbonyl (C=O) groups excluding carboxylic acids is 1. The van der Waals surface area contributed by atoms with Crippen LogP contribution in [0.5, 0.6) is 0 Å². The SMILES string of the molecule is CC(C)(Nc1ncc(-c2cc(C(N)=O)ccc2F)cn1)c1ncccc1F. The summed E-state index contributed by atoms with van der Waals surface area (Å²) in [6.07, 6.45) is 4.31. The Morgan fingerprint density at radius 1 is 1.07 bits per heavy atom. The predicted molar refractivity (Wildman–Crippen MR) is 96.8 cm³/mol. The standard InChI is InChI=1S/C19H17F2N5O/c1-19(2,16-15(21)4-3-7-23-16)26-18-24-9-12(10-25-18)13-8-11(17(22)27)5-6-14(13)20/h3-10H,1-2H3,(H2,22,27)(H,24,25,26). The Bertz CT molecular complexity index is 990. The molecule has 3 aromatic rings. The van der Waals surface area contributed by atoms with Crippen molar-refractivity contribution in [3.05, 3.63) is 71.8 Å². The van der Waals surface area contributed by atoms with E-state index in [1.54, 1.807) is 13.8 Å². The van der Waals surface area contributed by atoms with E-state index in [4.69, 9.17) is 5.73 Å². The van der Waals surface area contributed by atoms with E-state index in [0.717, 1.165) is 6.07 Å². The summed E-state index contributed by atoms with van der Waals surface area (Å²) in [5.74, 6) is -1.41. The summed E-state index contributed by atoms with van der Waals surface area (Å²) >= 11 is 0. The Hall–Kier alpha value is -3.42. The number of primary amides is 1. The van der Waals surface area contributed by atoms with Gasteiger partial charge in [-0.05, 0) is 44.2 Å². The molecule has 0 aliphatic rings. The predicted octanol–water partition coefficient (Wildman–Crippen LogP) is 3.26. The molecule has 0 atom stereocenters. The monoisotopic (exact) mass is 369 g/mol. The second-order valence-electron chi connectivity index (χ2n) is 6.44. The van der Waals surface area contributed by atoms with Crippen LogP contribution in [0, 0.1) is 11.6 Å². The number of nitrogens with one attached hydrogen (secondary N) is 1. The topological polar surface area (TPSA) is 93.8 Å². The van der Waals surface area contributed by atoms with Crippen LogP contribution in [0.3, 0.4) is 0 Å². The molecule has 3 rings (SSSR count). The third-order valence-electron chi connectivity index (χ3n) is 3.99. The Kier molecular flexibility index (Phi) is 4.81. The normalized spacial score (nSPS) is 11.3. The Morgan fingerprint density at radius 3 is 2.41 bits per heavy atom. The summed E-state index contributed by atoms with van der Waals surface area (Å²) < 4.78 is 28.1. The van der Waals surface area contributed by atoms with E-state index in [-0.39, 0.29) is 22.8 Å². The van der Waals surface area contributed by atoms with Crippen LogP contribution in [0.1, 0.15) is 29.9 Å². The quantitative estimate of drug-likeness (QED) is 0.720. The second kappa shape index (κ2) is 7.06. The van der Waals surface area contributed by atoms with E-state index in [1.165, 1.54) is 42.9 Å². The summed E-state index contributed by atoms with van der Waals surface area (Å²) in [6.45, 7) is 3.48. The highest BCUT2D eigenvalue weighted by molar-refractivity contribution is 5.94. The largest absolute Gasteiger partial charge is 0.366 e. The fourth-order valence-corrected chi connectivity index (χ4v) is 2.62. The highest BCUT2D eigenvalue weighted by Gasteiger charge is 2.26. The smallest absolute Gasteiger partial charge is 0.248 e. The summed E-state index contributed by atoms with van der Waals surface area (Å²) in [5, 5.41) is 3.01. The number of aromatic nitrogens is 3. The number of anilines is 1. The fraction of sp³-hybridized carbons (Fsp3) is 0.158. The van der Waals surface area contributed by atoms with Crippen LogP contribution >= 0.6 is 0 Å². The van der Waals surface area contributed by atoms with Crippen molar-refractivity contribution in [1.82, 2.24) is 15.0 Å². The van der Waals surface area contributed by atoms with E-state index in [1.807, 2.05) is 0 Å². The van der Waals surface area contributed by atoms with E-state index in [9.17, 15) is 13.6 Å². The molecule has 3 N–H and O–H groups in total. The Balaban J connectivity index is 1.87. The molecule has 0 unspecified atom stereocenters. The number of nitrogens with zero attached hydrogens (tertiary/aromatic N) is 3. The lowest BCUT2D eigenvalue weighted by atomic mass is 9.99. The highest BCUT2D eigenvalue weighted by Crippen LogP contribution is 2.26. The van der Waals surface area contributed by atoms with Gasteiger partial charge in [-0.2, -0.15) is 0 Å². The minimum Gasteiger partial charge on any atom is -0.366 e. The molecule has 1 amide bonds. The van der Waals surface area contributed by atoms with Crippen molar-refractivity contribution in [3.8, 4) is 11.1 Å². The van der Waals surface area contributed by atoms with Gasteiger partial charge in [0.1, 0.15) is 17.3 Å². The molecular weight excluding hydrogens is 352 g/mol. The zero-order chi connectivity index (χ0) is 19.6. The van der Waals surface area contributed by atoms with Crippen LogP contribution in [0.25, 0.3) is 11.1 Å².